The van der Waals surface area contributed by atoms with E-state index in [2.05, 4.69) is 39.8 Å². The summed E-state index contributed by atoms with van der Waals surface area (Å²) in [6.07, 6.45) is 0. The molecule has 0 spiro atoms. The molecule has 0 aliphatic carbocycles. The number of fused-ring (bicyclic) bond motifs is 14. The van der Waals surface area contributed by atoms with Crippen LogP contribution in [0.5, 0.6) is 23.0 Å². The zero-order valence-electron chi connectivity index (χ0n) is 55.5. The van der Waals surface area contributed by atoms with Gasteiger partial charge >= 0.3 is 30.9 Å². The highest BCUT2D eigenvalue weighted by molar-refractivity contribution is 7.96. The number of rotatable bonds is 11. The molecule has 0 radical (unpaired) electrons. The lowest BCUT2D eigenvalue weighted by Crippen LogP contribution is -2.36. The number of alkyl halides is 3. The van der Waals surface area contributed by atoms with Crippen molar-refractivity contribution in [1.29, 1.82) is 0 Å². The van der Waals surface area contributed by atoms with Crippen LogP contribution in [0, 0.1) is 27.7 Å². The van der Waals surface area contributed by atoms with E-state index in [0.29, 0.717) is 77.2 Å². The first-order chi connectivity index (χ1) is 45.7. The fourth-order valence-electron chi connectivity index (χ4n) is 14.1. The lowest BCUT2D eigenvalue weighted by molar-refractivity contribution is -0.0442. The minimum absolute atomic E-state index is 0.0242. The molecule has 9 nitrogen and oxygen atoms in total. The van der Waals surface area contributed by atoms with Crippen molar-refractivity contribution < 1.29 is 44.2 Å². The molecule has 1 N–H and O–H groups in total. The summed E-state index contributed by atoms with van der Waals surface area (Å²) in [4.78, 5) is 0. The second kappa shape index (κ2) is 24.0. The van der Waals surface area contributed by atoms with Crippen molar-refractivity contribution in [3.8, 4) is 89.8 Å². The summed E-state index contributed by atoms with van der Waals surface area (Å²) in [6.45, 7) is 24.4. The minimum Gasteiger partial charge on any atom is -0.417 e. The zero-order chi connectivity index (χ0) is 67.7. The van der Waals surface area contributed by atoms with Gasteiger partial charge in [0.2, 0.25) is 0 Å². The van der Waals surface area contributed by atoms with E-state index >= 15 is 26.2 Å². The van der Waals surface area contributed by atoms with Gasteiger partial charge in [0.05, 0.1) is 0 Å². The SMILES string of the molecule is Cc1ccc(C(C)C)c(-c2cc3ccccc3c3c2OP(=O)(N=P2(NS(=O)(=O)C(F)(F)F)Oc4c(-c5cc(C)ccc5C(C)C)cc5ccccc5c4-c4c(c(-c5cc(C)ccc5C(C)C)cc5ccccc45)O2)Oc2c(-c4cc(C)ccc4C(C)C)cc4ccccc4c2-3)c1. The minimum atomic E-state index is -6.66. The van der Waals surface area contributed by atoms with Crippen LogP contribution in [0.2, 0.25) is 0 Å². The Morgan fingerprint density at radius 1 is 0.365 bits per heavy atom. The van der Waals surface area contributed by atoms with Gasteiger partial charge in [0, 0.05) is 44.5 Å². The molecule has 0 aromatic heterocycles. The maximum Gasteiger partial charge on any atom is 0.568 e. The Bertz CT molecular complexity index is 5180. The van der Waals surface area contributed by atoms with Crippen LogP contribution in [-0.2, 0) is 14.6 Å². The number of hydrogen-bond acceptors (Lipinski definition) is 7. The van der Waals surface area contributed by atoms with E-state index in [4.69, 9.17) is 22.6 Å². The average molecular weight is 1340 g/mol. The number of aryl methyl sites for hydroxylation is 4. The second-order valence-corrected chi connectivity index (χ2v) is 32.5. The Morgan fingerprint density at radius 3 is 0.865 bits per heavy atom. The molecule has 486 valence electrons. The Labute approximate surface area is 559 Å². The number of hydrogen-bond donors (Lipinski definition) is 1. The lowest BCUT2D eigenvalue weighted by atomic mass is 9.83. The molecule has 0 bridgehead atoms. The molecule has 0 saturated carbocycles. The molecule has 12 aromatic rings. The monoisotopic (exact) mass is 1340 g/mol. The molecule has 0 unspecified atom stereocenters. The highest BCUT2D eigenvalue weighted by atomic mass is 32.2. The van der Waals surface area contributed by atoms with Crippen molar-refractivity contribution in [3.63, 3.8) is 0 Å². The van der Waals surface area contributed by atoms with Crippen molar-refractivity contribution in [3.05, 3.63) is 239 Å². The van der Waals surface area contributed by atoms with Crippen molar-refractivity contribution in [2.24, 2.45) is 4.52 Å². The summed E-state index contributed by atoms with van der Waals surface area (Å²) < 4.78 is 134. The first kappa shape index (κ1) is 64.4. The predicted octanol–water partition coefficient (Wildman–Crippen LogP) is 24.8. The summed E-state index contributed by atoms with van der Waals surface area (Å²) in [7, 11) is -18.3. The van der Waals surface area contributed by atoms with Gasteiger partial charge in [0.15, 0.2) is 0 Å². The van der Waals surface area contributed by atoms with Crippen LogP contribution in [0.25, 0.3) is 110 Å². The highest BCUT2D eigenvalue weighted by Gasteiger charge is 2.55. The van der Waals surface area contributed by atoms with Crippen molar-refractivity contribution in [2.45, 2.75) is 112 Å². The Balaban J connectivity index is 1.23. The van der Waals surface area contributed by atoms with E-state index in [1.165, 1.54) is 0 Å². The normalized spacial score (nSPS) is 14.2. The lowest BCUT2D eigenvalue weighted by Gasteiger charge is -2.28. The third-order valence-corrected chi connectivity index (χ3v) is 24.6. The molecule has 0 saturated heterocycles. The molecule has 2 aliphatic rings. The van der Waals surface area contributed by atoms with Crippen LogP contribution in [-0.4, -0.2) is 13.9 Å². The van der Waals surface area contributed by atoms with Crippen LogP contribution in [0.15, 0.2) is 199 Å². The van der Waals surface area contributed by atoms with E-state index in [-0.39, 0.29) is 46.7 Å². The van der Waals surface area contributed by atoms with Gasteiger partial charge in [-0.25, -0.2) is 13.0 Å². The van der Waals surface area contributed by atoms with Gasteiger partial charge in [-0.05, 0) is 163 Å². The van der Waals surface area contributed by atoms with E-state index in [1.54, 1.807) is 0 Å². The molecule has 0 amide bonds. The number of benzene rings is 12. The summed E-state index contributed by atoms with van der Waals surface area (Å²) in [5.41, 5.74) is 7.15. The average Bonchev–Trinajstić information content (AvgIpc) is 1.53. The van der Waals surface area contributed by atoms with Crippen LogP contribution in [0.3, 0.4) is 0 Å². The van der Waals surface area contributed by atoms with Gasteiger partial charge in [-0.15, -0.1) is 4.49 Å². The number of nitrogens with zero attached hydrogens (tertiary/aromatic N) is 1. The Hall–Kier alpha value is -8.96. The van der Waals surface area contributed by atoms with Gasteiger partial charge in [-0.1, -0.05) is 252 Å². The van der Waals surface area contributed by atoms with Crippen molar-refractivity contribution in [2.75, 3.05) is 0 Å². The molecule has 2 aliphatic heterocycles. The van der Waals surface area contributed by atoms with Gasteiger partial charge in [0.25, 0.3) is 0 Å². The zero-order valence-corrected chi connectivity index (χ0v) is 58.1. The van der Waals surface area contributed by atoms with Gasteiger partial charge in [0.1, 0.15) is 23.0 Å². The molecular formula is C81H73F3N2O7P2S. The number of halogens is 3. The van der Waals surface area contributed by atoms with Crippen molar-refractivity contribution >= 4 is 68.5 Å². The molecule has 0 atom stereocenters. The van der Waals surface area contributed by atoms with Crippen LogP contribution in [0.4, 0.5) is 13.2 Å². The molecule has 15 heteroatoms. The van der Waals surface area contributed by atoms with Gasteiger partial charge in [-0.3, -0.25) is 0 Å². The molecule has 14 rings (SSSR count). The van der Waals surface area contributed by atoms with Gasteiger partial charge < -0.3 is 18.1 Å². The van der Waals surface area contributed by atoms with Gasteiger partial charge in [-0.2, -0.15) is 13.2 Å². The fourth-order valence-corrected chi connectivity index (χ4v) is 20.0. The van der Waals surface area contributed by atoms with Crippen molar-refractivity contribution in [1.82, 2.24) is 4.49 Å². The van der Waals surface area contributed by atoms with Crippen LogP contribution in [0.1, 0.15) is 124 Å². The van der Waals surface area contributed by atoms with E-state index in [0.717, 1.165) is 77.2 Å². The van der Waals surface area contributed by atoms with Crippen LogP contribution < -0.4 is 22.6 Å². The summed E-state index contributed by atoms with van der Waals surface area (Å²) in [6, 6.07) is 62.8. The topological polar surface area (TPSA) is 113 Å². The fraction of sp³-hybridized carbons (Fsp3) is 0.210. The first-order valence-corrected chi connectivity index (χ1v) is 37.1. The largest absolute Gasteiger partial charge is 0.568 e. The summed E-state index contributed by atoms with van der Waals surface area (Å²) in [5.74, 6) is -0.502. The third-order valence-electron chi connectivity index (χ3n) is 18.6. The number of nitrogens with one attached hydrogen (secondary N) is 1. The highest BCUT2D eigenvalue weighted by Crippen LogP contribution is 2.72. The van der Waals surface area contributed by atoms with E-state index < -0.39 is 30.9 Å². The predicted molar refractivity (Wildman–Crippen MR) is 388 cm³/mol. The second-order valence-electron chi connectivity index (χ2n) is 26.9. The van der Waals surface area contributed by atoms with E-state index in [9.17, 15) is 0 Å². The molecule has 12 aromatic carbocycles. The maximum absolute atomic E-state index is 18.2. The Kier molecular flexibility index (Phi) is 16.1. The first-order valence-electron chi connectivity index (χ1n) is 32.5. The molecule has 2 heterocycles. The smallest absolute Gasteiger partial charge is 0.417 e. The summed E-state index contributed by atoms with van der Waals surface area (Å²) >= 11 is 0. The third kappa shape index (κ3) is 11.2. The maximum atomic E-state index is 18.2. The molecular weight excluding hydrogens is 1260 g/mol. The van der Waals surface area contributed by atoms with Crippen LogP contribution >= 0.6 is 15.4 Å². The number of sulfonamides is 1. The standard InChI is InChI=1S/C81H73F3N2O7P2S/c1-45(2)57-33-29-49(9)37-65(57)69-41-53-21-13-17-25-61(53)73-74-62-26-18-14-22-54(62)42-70(66-38-50(10)30-34-58(66)46(3)4)78(74)91-94(90-77(69)73,86-96(88,89)81(82,83)84)85-95(87)92-79-71(67-39-51(11)31-35-59(67)47(5)6)43-55-23-15-19-27-63(55)75(79)76-64-28-20-16-24-56(64)44-72(80(76)93-95)68-40-52(12)32-36-60(68)48(7)8/h13-48,86H,1-12H3. The summed E-state index contributed by atoms with van der Waals surface area (Å²) in [5, 5.41) is 5.56. The quantitative estimate of drug-likeness (QED) is 0.128. The molecule has 96 heavy (non-hydrogen) atoms. The Morgan fingerprint density at radius 2 is 0.615 bits per heavy atom. The van der Waals surface area contributed by atoms with E-state index in [1.807, 2.05) is 242 Å². The molecule has 0 fully saturated rings.